The van der Waals surface area contributed by atoms with E-state index in [4.69, 9.17) is 14.6 Å². The summed E-state index contributed by atoms with van der Waals surface area (Å²) in [6, 6.07) is 7.30. The van der Waals surface area contributed by atoms with Gasteiger partial charge in [-0.05, 0) is 50.1 Å². The molecule has 5 heteroatoms. The summed E-state index contributed by atoms with van der Waals surface area (Å²) in [5.41, 5.74) is 0.586. The molecule has 0 unspecified atom stereocenters. The summed E-state index contributed by atoms with van der Waals surface area (Å²) in [4.78, 5) is 12.2. The summed E-state index contributed by atoms with van der Waals surface area (Å²) in [6.45, 7) is 5.35. The van der Waals surface area contributed by atoms with Crippen LogP contribution in [0.1, 0.15) is 107 Å². The van der Waals surface area contributed by atoms with Gasteiger partial charge in [-0.2, -0.15) is 0 Å². The number of rotatable bonds is 22. The second-order valence-electron chi connectivity index (χ2n) is 8.58. The topological polar surface area (TPSA) is 67.8 Å². The normalized spacial score (nSPS) is 10.9. The van der Waals surface area contributed by atoms with Crippen molar-refractivity contribution in [1.82, 2.24) is 5.32 Å². The van der Waals surface area contributed by atoms with Gasteiger partial charge >= 0.3 is 5.97 Å². The second kappa shape index (κ2) is 21.3. The lowest BCUT2D eigenvalue weighted by Gasteiger charge is -2.08. The van der Waals surface area contributed by atoms with Gasteiger partial charge < -0.3 is 19.9 Å². The zero-order valence-corrected chi connectivity index (χ0v) is 20.4. The fourth-order valence-corrected chi connectivity index (χ4v) is 3.62. The smallest absolute Gasteiger partial charge is 0.338 e. The van der Waals surface area contributed by atoms with Crippen molar-refractivity contribution in [2.75, 3.05) is 32.9 Å². The Bertz CT molecular complexity index is 547. The van der Waals surface area contributed by atoms with Crippen molar-refractivity contribution in [2.24, 2.45) is 0 Å². The minimum absolute atomic E-state index is 0.212. The van der Waals surface area contributed by atoms with Gasteiger partial charge in [0.05, 0.1) is 25.4 Å². The van der Waals surface area contributed by atoms with Crippen molar-refractivity contribution in [3.63, 3.8) is 0 Å². The predicted molar refractivity (Wildman–Crippen MR) is 132 cm³/mol. The SMILES string of the molecule is CCCCCCCCCOc1ccc(C(=O)OCCCCCCCCCNCCO)cc1. The van der Waals surface area contributed by atoms with Crippen LogP contribution in [-0.4, -0.2) is 44.0 Å². The molecular formula is C27H47NO4. The first kappa shape index (κ1) is 28.4. The lowest BCUT2D eigenvalue weighted by molar-refractivity contribution is 0.0497. The summed E-state index contributed by atoms with van der Waals surface area (Å²) in [5, 5.41) is 11.9. The van der Waals surface area contributed by atoms with E-state index in [0.29, 0.717) is 18.7 Å². The summed E-state index contributed by atoms with van der Waals surface area (Å²) >= 11 is 0. The van der Waals surface area contributed by atoms with Gasteiger partial charge in [0.25, 0.3) is 0 Å². The predicted octanol–water partition coefficient (Wildman–Crippen LogP) is 6.29. The minimum Gasteiger partial charge on any atom is -0.494 e. The van der Waals surface area contributed by atoms with Crippen molar-refractivity contribution in [3.05, 3.63) is 29.8 Å². The van der Waals surface area contributed by atoms with E-state index in [0.717, 1.165) is 38.2 Å². The highest BCUT2D eigenvalue weighted by Gasteiger charge is 2.07. The number of esters is 1. The maximum Gasteiger partial charge on any atom is 0.338 e. The van der Waals surface area contributed by atoms with Gasteiger partial charge in [0.1, 0.15) is 5.75 Å². The molecule has 5 nitrogen and oxygen atoms in total. The molecule has 1 rings (SSSR count). The van der Waals surface area contributed by atoms with Gasteiger partial charge in [-0.15, -0.1) is 0 Å². The molecule has 1 aromatic carbocycles. The van der Waals surface area contributed by atoms with Crippen molar-refractivity contribution in [3.8, 4) is 5.75 Å². The Hall–Kier alpha value is -1.59. The van der Waals surface area contributed by atoms with Crippen LogP contribution < -0.4 is 10.1 Å². The molecule has 0 aromatic heterocycles. The van der Waals surface area contributed by atoms with Crippen LogP contribution in [0.3, 0.4) is 0 Å². The largest absolute Gasteiger partial charge is 0.494 e. The van der Waals surface area contributed by atoms with Gasteiger partial charge in [-0.1, -0.05) is 77.6 Å². The Balaban J connectivity index is 1.99. The Kier molecular flexibility index (Phi) is 18.9. The molecule has 1 aromatic rings. The van der Waals surface area contributed by atoms with E-state index in [1.807, 2.05) is 12.1 Å². The quantitative estimate of drug-likeness (QED) is 0.161. The van der Waals surface area contributed by atoms with E-state index in [2.05, 4.69) is 12.2 Å². The number of carbonyl (C=O) groups excluding carboxylic acids is 1. The van der Waals surface area contributed by atoms with Crippen LogP contribution in [0.2, 0.25) is 0 Å². The maximum absolute atomic E-state index is 12.2. The summed E-state index contributed by atoms with van der Waals surface area (Å²) in [5.74, 6) is 0.565. The van der Waals surface area contributed by atoms with Crippen LogP contribution in [-0.2, 0) is 4.74 Å². The molecule has 2 N–H and O–H groups in total. The van der Waals surface area contributed by atoms with Gasteiger partial charge in [-0.3, -0.25) is 0 Å². The highest BCUT2D eigenvalue weighted by Crippen LogP contribution is 2.15. The summed E-state index contributed by atoms with van der Waals surface area (Å²) in [6.07, 6.45) is 17.0. The molecule has 0 atom stereocenters. The molecule has 0 aliphatic heterocycles. The second-order valence-corrected chi connectivity index (χ2v) is 8.58. The van der Waals surface area contributed by atoms with Gasteiger partial charge in [0.15, 0.2) is 0 Å². The molecule has 0 saturated heterocycles. The van der Waals surface area contributed by atoms with E-state index in [9.17, 15) is 4.79 Å². The Morgan fingerprint density at radius 3 is 1.94 bits per heavy atom. The number of carbonyl (C=O) groups is 1. The molecule has 0 aliphatic rings. The molecule has 0 bridgehead atoms. The van der Waals surface area contributed by atoms with E-state index < -0.39 is 0 Å². The van der Waals surface area contributed by atoms with E-state index in [-0.39, 0.29) is 12.6 Å². The Labute approximate surface area is 196 Å². The zero-order chi connectivity index (χ0) is 23.1. The van der Waals surface area contributed by atoms with Crippen LogP contribution in [0.15, 0.2) is 24.3 Å². The van der Waals surface area contributed by atoms with E-state index >= 15 is 0 Å². The third kappa shape index (κ3) is 16.1. The number of unbranched alkanes of at least 4 members (excludes halogenated alkanes) is 12. The number of aliphatic hydroxyl groups excluding tert-OH is 1. The average molecular weight is 450 g/mol. The lowest BCUT2D eigenvalue weighted by atomic mass is 10.1. The monoisotopic (exact) mass is 449 g/mol. The van der Waals surface area contributed by atoms with Gasteiger partial charge in [-0.25, -0.2) is 4.79 Å². The van der Waals surface area contributed by atoms with Crippen LogP contribution in [0.4, 0.5) is 0 Å². The molecule has 0 fully saturated rings. The first-order valence-corrected chi connectivity index (χ1v) is 13.0. The Morgan fingerprint density at radius 2 is 1.31 bits per heavy atom. The van der Waals surface area contributed by atoms with Crippen LogP contribution in [0.5, 0.6) is 5.75 Å². The third-order valence-electron chi connectivity index (χ3n) is 5.63. The molecule has 0 amide bonds. The van der Waals surface area contributed by atoms with Crippen LogP contribution >= 0.6 is 0 Å². The Morgan fingerprint density at radius 1 is 0.750 bits per heavy atom. The highest BCUT2D eigenvalue weighted by atomic mass is 16.5. The number of hydrogen-bond donors (Lipinski definition) is 2. The highest BCUT2D eigenvalue weighted by molar-refractivity contribution is 5.89. The minimum atomic E-state index is -0.251. The first-order valence-electron chi connectivity index (χ1n) is 13.0. The number of nitrogens with one attached hydrogen (secondary N) is 1. The lowest BCUT2D eigenvalue weighted by Crippen LogP contribution is -2.19. The molecule has 0 radical (unpaired) electrons. The molecular weight excluding hydrogens is 402 g/mol. The molecule has 32 heavy (non-hydrogen) atoms. The van der Waals surface area contributed by atoms with E-state index in [1.54, 1.807) is 12.1 Å². The van der Waals surface area contributed by atoms with Crippen LogP contribution in [0.25, 0.3) is 0 Å². The zero-order valence-electron chi connectivity index (χ0n) is 20.4. The maximum atomic E-state index is 12.2. The number of benzene rings is 1. The van der Waals surface area contributed by atoms with Gasteiger partial charge in [0.2, 0.25) is 0 Å². The van der Waals surface area contributed by atoms with Crippen molar-refractivity contribution >= 4 is 5.97 Å². The average Bonchev–Trinajstić information content (AvgIpc) is 2.81. The molecule has 184 valence electrons. The molecule has 0 saturated carbocycles. The van der Waals surface area contributed by atoms with Crippen molar-refractivity contribution < 1.29 is 19.4 Å². The first-order chi connectivity index (χ1) is 15.8. The standard InChI is InChI=1S/C27H47NO4/c1-2-3-4-5-8-11-14-23-31-26-18-16-25(17-19-26)27(30)32-24-15-12-9-6-7-10-13-20-28-21-22-29/h16-19,28-29H,2-15,20-24H2,1H3. The summed E-state index contributed by atoms with van der Waals surface area (Å²) < 4.78 is 11.2. The van der Waals surface area contributed by atoms with Crippen molar-refractivity contribution in [1.29, 1.82) is 0 Å². The van der Waals surface area contributed by atoms with E-state index in [1.165, 1.54) is 70.6 Å². The third-order valence-corrected chi connectivity index (χ3v) is 5.63. The molecule has 0 aliphatic carbocycles. The van der Waals surface area contributed by atoms with Crippen LogP contribution in [0, 0.1) is 0 Å². The fourth-order valence-electron chi connectivity index (χ4n) is 3.62. The fraction of sp³-hybridized carbons (Fsp3) is 0.741. The molecule has 0 spiro atoms. The number of aliphatic hydroxyl groups is 1. The number of ether oxygens (including phenoxy) is 2. The van der Waals surface area contributed by atoms with Gasteiger partial charge in [0, 0.05) is 6.54 Å². The van der Waals surface area contributed by atoms with Crippen molar-refractivity contribution in [2.45, 2.75) is 96.8 Å². The summed E-state index contributed by atoms with van der Waals surface area (Å²) in [7, 11) is 0. The number of hydrogen-bond acceptors (Lipinski definition) is 5. The molecule has 0 heterocycles.